The number of nitrogens with zero attached hydrogens (tertiary/aromatic N) is 4. The molecule has 3 heterocycles. The van der Waals surface area contributed by atoms with Crippen molar-refractivity contribution in [2.75, 3.05) is 25.4 Å². The first-order valence-corrected chi connectivity index (χ1v) is 7.06. The minimum absolute atomic E-state index is 0.151. The minimum atomic E-state index is -0.281. The summed E-state index contributed by atoms with van der Waals surface area (Å²) in [6.45, 7) is 3.27. The molecule has 114 valence electrons. The topological polar surface area (TPSA) is 94.2 Å². The summed E-state index contributed by atoms with van der Waals surface area (Å²) < 4.78 is 5.74. The van der Waals surface area contributed by atoms with Crippen molar-refractivity contribution in [1.82, 2.24) is 20.1 Å². The third-order valence-electron chi connectivity index (χ3n) is 3.47. The number of carbonyl (C=O) groups is 1. The van der Waals surface area contributed by atoms with E-state index < -0.39 is 0 Å². The Bertz CT molecular complexity index is 657. The zero-order chi connectivity index (χ0) is 15.5. The lowest BCUT2D eigenvalue weighted by atomic mass is 10.1. The lowest BCUT2D eigenvalue weighted by molar-refractivity contribution is -0.0249. The lowest BCUT2D eigenvalue weighted by Crippen LogP contribution is -2.42. The summed E-state index contributed by atoms with van der Waals surface area (Å²) in [6, 6.07) is 6.94. The van der Waals surface area contributed by atoms with Gasteiger partial charge in [0.15, 0.2) is 5.69 Å². The number of pyridine rings is 1. The Morgan fingerprint density at radius 2 is 2.32 bits per heavy atom. The molecule has 1 unspecified atom stereocenters. The second-order valence-corrected chi connectivity index (χ2v) is 5.19. The van der Waals surface area contributed by atoms with Crippen LogP contribution >= 0.6 is 0 Å². The van der Waals surface area contributed by atoms with Crippen molar-refractivity contribution in [2.45, 2.75) is 13.0 Å². The average Bonchev–Trinajstić information content (AvgIpc) is 2.54. The van der Waals surface area contributed by atoms with E-state index in [0.29, 0.717) is 31.1 Å². The number of rotatable bonds is 2. The highest BCUT2D eigenvalue weighted by molar-refractivity contribution is 5.92. The molecule has 0 saturated carbocycles. The SMILES string of the molecule is Cc1cc(N)cc(C2CN(C(=O)c3cccnn3)CCO2)n1. The second-order valence-electron chi connectivity index (χ2n) is 5.19. The van der Waals surface area contributed by atoms with Crippen molar-refractivity contribution < 1.29 is 9.53 Å². The molecule has 2 N–H and O–H groups in total. The van der Waals surface area contributed by atoms with Gasteiger partial charge in [-0.3, -0.25) is 9.78 Å². The van der Waals surface area contributed by atoms with Crippen LogP contribution in [0, 0.1) is 6.92 Å². The molecule has 0 radical (unpaired) electrons. The van der Waals surface area contributed by atoms with E-state index in [1.54, 1.807) is 35.4 Å². The first-order valence-electron chi connectivity index (χ1n) is 7.06. The Hall–Kier alpha value is -2.54. The summed E-state index contributed by atoms with van der Waals surface area (Å²) >= 11 is 0. The van der Waals surface area contributed by atoms with Crippen LogP contribution in [-0.2, 0) is 4.74 Å². The van der Waals surface area contributed by atoms with E-state index >= 15 is 0 Å². The van der Waals surface area contributed by atoms with Gasteiger partial charge >= 0.3 is 0 Å². The maximum Gasteiger partial charge on any atom is 0.274 e. The molecule has 1 atom stereocenters. The zero-order valence-corrected chi connectivity index (χ0v) is 12.3. The largest absolute Gasteiger partial charge is 0.399 e. The molecule has 0 bridgehead atoms. The summed E-state index contributed by atoms with van der Waals surface area (Å²) in [5.74, 6) is -0.151. The van der Waals surface area contributed by atoms with Gasteiger partial charge in [-0.25, -0.2) is 0 Å². The number of morpholine rings is 1. The van der Waals surface area contributed by atoms with Crippen molar-refractivity contribution in [1.29, 1.82) is 0 Å². The van der Waals surface area contributed by atoms with Crippen LogP contribution in [0.5, 0.6) is 0 Å². The maximum absolute atomic E-state index is 12.4. The Balaban J connectivity index is 1.78. The molecule has 1 fully saturated rings. The summed E-state index contributed by atoms with van der Waals surface area (Å²) in [7, 11) is 0. The van der Waals surface area contributed by atoms with Gasteiger partial charge in [0.1, 0.15) is 6.10 Å². The number of hydrogen-bond donors (Lipinski definition) is 1. The van der Waals surface area contributed by atoms with Crippen LogP contribution in [0.15, 0.2) is 30.5 Å². The van der Waals surface area contributed by atoms with Crippen LogP contribution in [0.25, 0.3) is 0 Å². The molecule has 7 heteroatoms. The first-order chi connectivity index (χ1) is 10.6. The number of carbonyl (C=O) groups excluding carboxylic acids is 1. The maximum atomic E-state index is 12.4. The molecule has 2 aromatic heterocycles. The van der Waals surface area contributed by atoms with Gasteiger partial charge in [-0.15, -0.1) is 5.10 Å². The Labute approximate surface area is 128 Å². The highest BCUT2D eigenvalue weighted by atomic mass is 16.5. The Morgan fingerprint density at radius 3 is 3.05 bits per heavy atom. The molecular formula is C15H17N5O2. The minimum Gasteiger partial charge on any atom is -0.399 e. The standard InChI is InChI=1S/C15H17N5O2/c1-10-7-11(16)8-13(18-10)14-9-20(5-6-22-14)15(21)12-3-2-4-17-19-12/h2-4,7-8,14H,5-6,9H2,1H3,(H2,16,18). The number of aromatic nitrogens is 3. The van der Waals surface area contributed by atoms with Crippen LogP contribution in [-0.4, -0.2) is 45.7 Å². The molecule has 7 nitrogen and oxygen atoms in total. The summed E-state index contributed by atoms with van der Waals surface area (Å²) in [5.41, 5.74) is 8.41. The molecule has 1 aliphatic heterocycles. The first kappa shape index (κ1) is 14.4. The molecule has 0 aromatic carbocycles. The van der Waals surface area contributed by atoms with Gasteiger partial charge in [-0.05, 0) is 31.2 Å². The fraction of sp³-hybridized carbons (Fsp3) is 0.333. The number of anilines is 1. The zero-order valence-electron chi connectivity index (χ0n) is 12.3. The van der Waals surface area contributed by atoms with Gasteiger partial charge in [-0.1, -0.05) is 0 Å². The van der Waals surface area contributed by atoms with Gasteiger partial charge in [0.05, 0.1) is 18.8 Å². The van der Waals surface area contributed by atoms with E-state index in [0.717, 1.165) is 11.4 Å². The fourth-order valence-electron chi connectivity index (χ4n) is 2.48. The van der Waals surface area contributed by atoms with Crippen molar-refractivity contribution in [3.05, 3.63) is 47.5 Å². The number of amides is 1. The van der Waals surface area contributed by atoms with Crippen molar-refractivity contribution in [3.8, 4) is 0 Å². The predicted molar refractivity (Wildman–Crippen MR) is 80.0 cm³/mol. The molecule has 1 amide bonds. The molecule has 1 aliphatic rings. The second kappa shape index (κ2) is 6.07. The van der Waals surface area contributed by atoms with Gasteiger partial charge < -0.3 is 15.4 Å². The van der Waals surface area contributed by atoms with Crippen LogP contribution in [0.3, 0.4) is 0 Å². The third kappa shape index (κ3) is 3.04. The molecule has 3 rings (SSSR count). The van der Waals surface area contributed by atoms with Crippen LogP contribution in [0.2, 0.25) is 0 Å². The smallest absolute Gasteiger partial charge is 0.274 e. The molecule has 2 aromatic rings. The third-order valence-corrected chi connectivity index (χ3v) is 3.47. The quantitative estimate of drug-likeness (QED) is 0.888. The van der Waals surface area contributed by atoms with E-state index in [4.69, 9.17) is 10.5 Å². The van der Waals surface area contributed by atoms with E-state index in [1.165, 1.54) is 0 Å². The van der Waals surface area contributed by atoms with Crippen LogP contribution in [0.4, 0.5) is 5.69 Å². The molecule has 0 spiro atoms. The molecule has 0 aliphatic carbocycles. The summed E-state index contributed by atoms with van der Waals surface area (Å²) in [4.78, 5) is 18.6. The molecule has 22 heavy (non-hydrogen) atoms. The van der Waals surface area contributed by atoms with E-state index in [-0.39, 0.29) is 12.0 Å². The Morgan fingerprint density at radius 1 is 1.45 bits per heavy atom. The highest BCUT2D eigenvalue weighted by Crippen LogP contribution is 2.23. The van der Waals surface area contributed by atoms with Crippen LogP contribution < -0.4 is 5.73 Å². The number of hydrogen-bond acceptors (Lipinski definition) is 6. The van der Waals surface area contributed by atoms with Crippen molar-refractivity contribution in [3.63, 3.8) is 0 Å². The summed E-state index contributed by atoms with van der Waals surface area (Å²) in [6.07, 6.45) is 1.26. The number of nitrogen functional groups attached to an aromatic ring is 1. The summed E-state index contributed by atoms with van der Waals surface area (Å²) in [5, 5.41) is 7.61. The molecular weight excluding hydrogens is 282 g/mol. The highest BCUT2D eigenvalue weighted by Gasteiger charge is 2.27. The van der Waals surface area contributed by atoms with E-state index in [1.807, 2.05) is 6.92 Å². The van der Waals surface area contributed by atoms with Crippen molar-refractivity contribution in [2.24, 2.45) is 0 Å². The van der Waals surface area contributed by atoms with E-state index in [2.05, 4.69) is 15.2 Å². The van der Waals surface area contributed by atoms with Crippen LogP contribution in [0.1, 0.15) is 28.0 Å². The lowest BCUT2D eigenvalue weighted by Gasteiger charge is -2.32. The van der Waals surface area contributed by atoms with Gasteiger partial charge in [0, 0.05) is 24.1 Å². The monoisotopic (exact) mass is 299 g/mol. The van der Waals surface area contributed by atoms with Gasteiger partial charge in [-0.2, -0.15) is 5.10 Å². The number of aryl methyl sites for hydroxylation is 1. The van der Waals surface area contributed by atoms with Crippen molar-refractivity contribution >= 4 is 11.6 Å². The number of nitrogens with two attached hydrogens (primary N) is 1. The normalized spacial score (nSPS) is 18.2. The number of ether oxygens (including phenoxy) is 1. The fourth-order valence-corrected chi connectivity index (χ4v) is 2.48. The molecule has 1 saturated heterocycles. The van der Waals surface area contributed by atoms with E-state index in [9.17, 15) is 4.79 Å². The van der Waals surface area contributed by atoms with Gasteiger partial charge in [0.2, 0.25) is 0 Å². The average molecular weight is 299 g/mol. The predicted octanol–water partition coefficient (Wildman–Crippen LogP) is 0.976. The Kier molecular flexibility index (Phi) is 3.97. The van der Waals surface area contributed by atoms with Gasteiger partial charge in [0.25, 0.3) is 5.91 Å².